The van der Waals surface area contributed by atoms with Crippen molar-refractivity contribution in [1.82, 2.24) is 4.90 Å². The molecule has 2 atom stereocenters. The zero-order valence-corrected chi connectivity index (χ0v) is 12.3. The Bertz CT molecular complexity index is 530. The Morgan fingerprint density at radius 3 is 2.75 bits per heavy atom. The zero-order valence-electron chi connectivity index (χ0n) is 11.5. The van der Waals surface area contributed by atoms with E-state index in [0.29, 0.717) is 11.6 Å². The number of rotatable bonds is 4. The minimum atomic E-state index is -0.936. The van der Waals surface area contributed by atoms with Gasteiger partial charge in [0.15, 0.2) is 0 Å². The summed E-state index contributed by atoms with van der Waals surface area (Å²) in [5, 5.41) is 9.92. The van der Waals surface area contributed by atoms with Crippen molar-refractivity contribution in [3.8, 4) is 0 Å². The van der Waals surface area contributed by atoms with Crippen LogP contribution in [0.5, 0.6) is 0 Å². The summed E-state index contributed by atoms with van der Waals surface area (Å²) in [5.74, 6) is -1.46. The molecule has 1 heterocycles. The first-order valence-electron chi connectivity index (χ1n) is 6.68. The maximum atomic E-state index is 12.1. The number of benzene rings is 1. The number of aliphatic carboxylic acids is 1. The van der Waals surface area contributed by atoms with E-state index >= 15 is 0 Å². The topological polar surface area (TPSA) is 57.6 Å². The van der Waals surface area contributed by atoms with Gasteiger partial charge in [0.25, 0.3) is 0 Å². The van der Waals surface area contributed by atoms with E-state index in [1.165, 1.54) is 0 Å². The molecule has 0 aromatic heterocycles. The lowest BCUT2D eigenvalue weighted by molar-refractivity contribution is -0.142. The van der Waals surface area contributed by atoms with Gasteiger partial charge in [0.2, 0.25) is 5.91 Å². The number of halogens is 1. The average molecular weight is 296 g/mol. The molecule has 1 aromatic rings. The molecule has 1 aliphatic heterocycles. The largest absolute Gasteiger partial charge is 0.481 e. The van der Waals surface area contributed by atoms with Crippen LogP contribution in [0.2, 0.25) is 5.02 Å². The van der Waals surface area contributed by atoms with Gasteiger partial charge < -0.3 is 10.0 Å². The summed E-state index contributed by atoms with van der Waals surface area (Å²) in [6, 6.07) is 6.67. The smallest absolute Gasteiger partial charge is 0.309 e. The molecule has 0 bridgehead atoms. The van der Waals surface area contributed by atoms with Crippen LogP contribution in [0.3, 0.4) is 0 Å². The predicted octanol–water partition coefficient (Wildman–Crippen LogP) is 2.97. The highest BCUT2D eigenvalue weighted by Crippen LogP contribution is 2.39. The summed E-state index contributed by atoms with van der Waals surface area (Å²) in [6.45, 7) is 4.58. The third-order valence-corrected chi connectivity index (χ3v) is 3.74. The fourth-order valence-corrected chi connectivity index (χ4v) is 2.92. The van der Waals surface area contributed by atoms with Gasteiger partial charge in [-0.3, -0.25) is 9.59 Å². The first-order chi connectivity index (χ1) is 9.40. The van der Waals surface area contributed by atoms with Crippen molar-refractivity contribution in [2.24, 2.45) is 11.8 Å². The molecule has 1 saturated heterocycles. The number of carboxylic acid groups (broad SMARTS) is 1. The third kappa shape index (κ3) is 2.96. The summed E-state index contributed by atoms with van der Waals surface area (Å²) in [6.07, 6.45) is 0.0548. The monoisotopic (exact) mass is 295 g/mol. The molecular formula is C15H18ClNO3. The zero-order chi connectivity index (χ0) is 14.9. The van der Waals surface area contributed by atoms with E-state index in [0.717, 1.165) is 5.56 Å². The Balaban J connectivity index is 2.40. The van der Waals surface area contributed by atoms with Gasteiger partial charge in [-0.2, -0.15) is 0 Å². The van der Waals surface area contributed by atoms with Crippen LogP contribution < -0.4 is 0 Å². The van der Waals surface area contributed by atoms with Crippen LogP contribution >= 0.6 is 11.6 Å². The van der Waals surface area contributed by atoms with E-state index in [2.05, 4.69) is 0 Å². The molecular weight excluding hydrogens is 278 g/mol. The fraction of sp³-hybridized carbons (Fsp3) is 0.467. The number of carbonyl (C=O) groups excluding carboxylic acids is 1. The maximum Gasteiger partial charge on any atom is 0.309 e. The first kappa shape index (κ1) is 14.9. The minimum absolute atomic E-state index is 0.0548. The lowest BCUT2D eigenvalue weighted by Gasteiger charge is -2.28. The van der Waals surface area contributed by atoms with Gasteiger partial charge in [0, 0.05) is 18.0 Å². The maximum absolute atomic E-state index is 12.1. The summed E-state index contributed by atoms with van der Waals surface area (Å²) < 4.78 is 0. The molecule has 1 amide bonds. The van der Waals surface area contributed by atoms with E-state index in [1.807, 2.05) is 19.9 Å². The Morgan fingerprint density at radius 2 is 2.20 bits per heavy atom. The summed E-state index contributed by atoms with van der Waals surface area (Å²) >= 11 is 5.99. The van der Waals surface area contributed by atoms with Crippen LogP contribution in [-0.2, 0) is 9.59 Å². The fourth-order valence-electron chi connectivity index (χ4n) is 2.72. The van der Waals surface area contributed by atoms with Crippen molar-refractivity contribution >= 4 is 23.5 Å². The Kier molecular flexibility index (Phi) is 4.33. The molecule has 0 spiro atoms. The first-order valence-corrected chi connectivity index (χ1v) is 7.05. The number of carbonyl (C=O) groups is 2. The van der Waals surface area contributed by atoms with Crippen molar-refractivity contribution in [1.29, 1.82) is 0 Å². The van der Waals surface area contributed by atoms with Crippen LogP contribution in [0.4, 0.5) is 0 Å². The second kappa shape index (κ2) is 5.83. The highest BCUT2D eigenvalue weighted by molar-refractivity contribution is 6.30. The quantitative estimate of drug-likeness (QED) is 0.929. The molecule has 0 radical (unpaired) electrons. The second-order valence-electron chi connectivity index (χ2n) is 5.59. The molecule has 4 nitrogen and oxygen atoms in total. The number of hydrogen-bond acceptors (Lipinski definition) is 2. The lowest BCUT2D eigenvalue weighted by Crippen LogP contribution is -2.33. The average Bonchev–Trinajstić information content (AvgIpc) is 2.66. The van der Waals surface area contributed by atoms with E-state index in [-0.39, 0.29) is 18.2 Å². The van der Waals surface area contributed by atoms with Crippen LogP contribution in [0, 0.1) is 11.8 Å². The predicted molar refractivity (Wildman–Crippen MR) is 76.5 cm³/mol. The van der Waals surface area contributed by atoms with Crippen molar-refractivity contribution in [2.45, 2.75) is 26.3 Å². The lowest BCUT2D eigenvalue weighted by atomic mass is 9.93. The number of hydrogen-bond donors (Lipinski definition) is 1. The highest BCUT2D eigenvalue weighted by Gasteiger charge is 2.44. The van der Waals surface area contributed by atoms with Crippen LogP contribution in [0.1, 0.15) is 31.9 Å². The molecule has 1 fully saturated rings. The molecule has 2 rings (SSSR count). The molecule has 5 heteroatoms. The Morgan fingerprint density at radius 1 is 1.50 bits per heavy atom. The Labute approximate surface area is 123 Å². The molecule has 0 saturated carbocycles. The third-order valence-electron chi connectivity index (χ3n) is 3.50. The van der Waals surface area contributed by atoms with Crippen molar-refractivity contribution in [3.05, 3.63) is 34.9 Å². The number of amides is 1. The van der Waals surface area contributed by atoms with Crippen LogP contribution in [-0.4, -0.2) is 28.4 Å². The van der Waals surface area contributed by atoms with Crippen LogP contribution in [0.25, 0.3) is 0 Å². The van der Waals surface area contributed by atoms with Gasteiger partial charge in [-0.1, -0.05) is 37.6 Å². The molecule has 1 aromatic carbocycles. The normalized spacial score (nSPS) is 22.6. The molecule has 20 heavy (non-hydrogen) atoms. The Hall–Kier alpha value is -1.55. The molecule has 0 aliphatic carbocycles. The van der Waals surface area contributed by atoms with Gasteiger partial charge in [0.05, 0.1) is 12.0 Å². The highest BCUT2D eigenvalue weighted by atomic mass is 35.5. The SMILES string of the molecule is CC(C)CN1C(=O)CC(C(=O)O)C1c1cccc(Cl)c1. The number of likely N-dealkylation sites (tertiary alicyclic amines) is 1. The van der Waals surface area contributed by atoms with E-state index in [1.54, 1.807) is 23.1 Å². The van der Waals surface area contributed by atoms with Crippen molar-refractivity contribution in [3.63, 3.8) is 0 Å². The van der Waals surface area contributed by atoms with Gasteiger partial charge in [-0.05, 0) is 23.6 Å². The van der Waals surface area contributed by atoms with Gasteiger partial charge in [-0.25, -0.2) is 0 Å². The van der Waals surface area contributed by atoms with Crippen molar-refractivity contribution < 1.29 is 14.7 Å². The standard InChI is InChI=1S/C15H18ClNO3/c1-9(2)8-17-13(18)7-12(15(19)20)14(17)10-4-3-5-11(16)6-10/h3-6,9,12,14H,7-8H2,1-2H3,(H,19,20). The van der Waals surface area contributed by atoms with E-state index in [9.17, 15) is 14.7 Å². The van der Waals surface area contributed by atoms with E-state index in [4.69, 9.17) is 11.6 Å². The van der Waals surface area contributed by atoms with E-state index < -0.39 is 17.9 Å². The molecule has 1 aliphatic rings. The molecule has 1 N–H and O–H groups in total. The number of nitrogens with zero attached hydrogens (tertiary/aromatic N) is 1. The van der Waals surface area contributed by atoms with Gasteiger partial charge in [-0.15, -0.1) is 0 Å². The van der Waals surface area contributed by atoms with Crippen LogP contribution in [0.15, 0.2) is 24.3 Å². The second-order valence-corrected chi connectivity index (χ2v) is 6.03. The van der Waals surface area contributed by atoms with Crippen molar-refractivity contribution in [2.75, 3.05) is 6.54 Å². The molecule has 2 unspecified atom stereocenters. The summed E-state index contributed by atoms with van der Waals surface area (Å²) in [5.41, 5.74) is 0.788. The number of carboxylic acids is 1. The summed E-state index contributed by atoms with van der Waals surface area (Å²) in [4.78, 5) is 25.2. The van der Waals surface area contributed by atoms with Gasteiger partial charge in [0.1, 0.15) is 0 Å². The van der Waals surface area contributed by atoms with Gasteiger partial charge >= 0.3 is 5.97 Å². The molecule has 108 valence electrons. The summed E-state index contributed by atoms with van der Waals surface area (Å²) in [7, 11) is 0. The minimum Gasteiger partial charge on any atom is -0.481 e.